The van der Waals surface area contributed by atoms with Gasteiger partial charge in [0, 0.05) is 3.57 Å². The van der Waals surface area contributed by atoms with Crippen molar-refractivity contribution < 1.29 is 19.8 Å². The summed E-state index contributed by atoms with van der Waals surface area (Å²) in [4.78, 5) is 21.5. The van der Waals surface area contributed by atoms with Crippen LogP contribution in [0.5, 0.6) is 0 Å². The number of hydrogen-bond acceptors (Lipinski definition) is 3. The van der Waals surface area contributed by atoms with E-state index in [4.69, 9.17) is 5.11 Å². The zero-order chi connectivity index (χ0) is 13.2. The van der Waals surface area contributed by atoms with Crippen molar-refractivity contribution >= 4 is 50.3 Å². The van der Waals surface area contributed by atoms with E-state index in [1.165, 1.54) is 19.1 Å². The molecule has 0 heterocycles. The summed E-state index contributed by atoms with van der Waals surface area (Å²) < 4.78 is 0.834. The van der Waals surface area contributed by atoms with Crippen LogP contribution >= 0.6 is 38.5 Å². The summed E-state index contributed by atoms with van der Waals surface area (Å²) in [5.74, 6) is -1.39. The molecule has 0 bridgehead atoms. The van der Waals surface area contributed by atoms with Crippen molar-refractivity contribution in [3.63, 3.8) is 0 Å². The predicted molar refractivity (Wildman–Crippen MR) is 74.1 cm³/mol. The Morgan fingerprint density at radius 2 is 2.00 bits per heavy atom. The standard InChI is InChI=1S/C11H10BrIO4/c1-5(14)9(12)7-4-6(2-3-8(7)13)10(15)11(16)17/h2-4,9-10,15H,1H3,(H,16,17). The van der Waals surface area contributed by atoms with Crippen molar-refractivity contribution in [1.82, 2.24) is 0 Å². The zero-order valence-corrected chi connectivity index (χ0v) is 12.6. The molecule has 1 rings (SSSR count). The lowest BCUT2D eigenvalue weighted by Crippen LogP contribution is -2.12. The molecule has 0 aliphatic rings. The molecule has 1 aromatic carbocycles. The first-order chi connectivity index (χ1) is 7.84. The third kappa shape index (κ3) is 3.49. The first kappa shape index (κ1) is 14.6. The Balaban J connectivity index is 3.19. The maximum absolute atomic E-state index is 11.3. The van der Waals surface area contributed by atoms with E-state index in [1.54, 1.807) is 6.07 Å². The van der Waals surface area contributed by atoms with Gasteiger partial charge < -0.3 is 10.2 Å². The third-order valence-corrected chi connectivity index (χ3v) is 4.32. The van der Waals surface area contributed by atoms with Crippen molar-refractivity contribution in [3.8, 4) is 0 Å². The lowest BCUT2D eigenvalue weighted by atomic mass is 10.0. The molecular formula is C11H10BrIO4. The molecule has 0 aliphatic carbocycles. The number of hydrogen-bond donors (Lipinski definition) is 2. The summed E-state index contributed by atoms with van der Waals surface area (Å²) in [6, 6.07) is 4.74. The second-order valence-electron chi connectivity index (χ2n) is 3.49. The normalized spacial score (nSPS) is 14.1. The number of aliphatic carboxylic acids is 1. The second kappa shape index (κ2) is 5.92. The van der Waals surface area contributed by atoms with Gasteiger partial charge in [-0.05, 0) is 52.8 Å². The summed E-state index contributed by atoms with van der Waals surface area (Å²) in [6.45, 7) is 1.44. The Bertz CT molecular complexity index is 461. The number of benzene rings is 1. The Kier molecular flexibility index (Phi) is 5.08. The van der Waals surface area contributed by atoms with Gasteiger partial charge in [0.1, 0.15) is 5.78 Å². The van der Waals surface area contributed by atoms with Gasteiger partial charge in [-0.3, -0.25) is 4.79 Å². The molecule has 2 atom stereocenters. The molecule has 6 heteroatoms. The third-order valence-electron chi connectivity index (χ3n) is 2.20. The van der Waals surface area contributed by atoms with Crippen molar-refractivity contribution in [2.75, 3.05) is 0 Å². The lowest BCUT2D eigenvalue weighted by molar-refractivity contribution is -0.146. The highest BCUT2D eigenvalue weighted by molar-refractivity contribution is 14.1. The maximum atomic E-state index is 11.3. The largest absolute Gasteiger partial charge is 0.479 e. The molecule has 0 spiro atoms. The minimum Gasteiger partial charge on any atom is -0.479 e. The van der Waals surface area contributed by atoms with Gasteiger partial charge in [-0.1, -0.05) is 22.0 Å². The van der Waals surface area contributed by atoms with Crippen LogP contribution in [0.3, 0.4) is 0 Å². The number of ketones is 1. The van der Waals surface area contributed by atoms with Crippen LogP contribution in [0.25, 0.3) is 0 Å². The molecule has 2 unspecified atom stereocenters. The fraction of sp³-hybridized carbons (Fsp3) is 0.273. The van der Waals surface area contributed by atoms with Gasteiger partial charge in [0.2, 0.25) is 0 Å². The molecule has 17 heavy (non-hydrogen) atoms. The molecule has 0 amide bonds. The van der Waals surface area contributed by atoms with E-state index in [-0.39, 0.29) is 11.3 Å². The van der Waals surface area contributed by atoms with Gasteiger partial charge in [0.25, 0.3) is 0 Å². The molecule has 0 saturated heterocycles. The Hall–Kier alpha value is -0.470. The van der Waals surface area contributed by atoms with Crippen LogP contribution in [0.4, 0.5) is 0 Å². The number of alkyl halides is 1. The summed E-state index contributed by atoms with van der Waals surface area (Å²) in [6.07, 6.45) is -1.57. The molecule has 0 fully saturated rings. The molecule has 0 radical (unpaired) electrons. The van der Waals surface area contributed by atoms with Crippen LogP contribution in [0.2, 0.25) is 0 Å². The highest BCUT2D eigenvalue weighted by Gasteiger charge is 2.21. The highest BCUT2D eigenvalue weighted by atomic mass is 127. The molecule has 2 N–H and O–H groups in total. The SMILES string of the molecule is CC(=O)C(Br)c1cc(C(O)C(=O)O)ccc1I. The molecule has 1 aromatic rings. The van der Waals surface area contributed by atoms with Crippen LogP contribution in [0.1, 0.15) is 29.0 Å². The summed E-state index contributed by atoms with van der Waals surface area (Å²) in [7, 11) is 0. The summed E-state index contributed by atoms with van der Waals surface area (Å²) in [5, 5.41) is 18.1. The van der Waals surface area contributed by atoms with Gasteiger partial charge >= 0.3 is 5.97 Å². The number of aliphatic hydroxyl groups excluding tert-OH is 1. The van der Waals surface area contributed by atoms with E-state index in [2.05, 4.69) is 38.5 Å². The average molecular weight is 413 g/mol. The van der Waals surface area contributed by atoms with E-state index in [9.17, 15) is 14.7 Å². The fourth-order valence-corrected chi connectivity index (χ4v) is 2.74. The van der Waals surface area contributed by atoms with Crippen molar-refractivity contribution in [3.05, 3.63) is 32.9 Å². The van der Waals surface area contributed by atoms with Crippen LogP contribution in [0, 0.1) is 3.57 Å². The van der Waals surface area contributed by atoms with E-state index < -0.39 is 16.9 Å². The molecule has 0 aliphatic heterocycles. The lowest BCUT2D eigenvalue weighted by Gasteiger charge is -2.13. The maximum Gasteiger partial charge on any atom is 0.337 e. The summed E-state index contributed by atoms with van der Waals surface area (Å²) >= 11 is 5.29. The van der Waals surface area contributed by atoms with Crippen molar-refractivity contribution in [2.24, 2.45) is 0 Å². The van der Waals surface area contributed by atoms with Gasteiger partial charge in [0.15, 0.2) is 6.10 Å². The Labute approximate surface area is 120 Å². The minimum absolute atomic E-state index is 0.0788. The zero-order valence-electron chi connectivity index (χ0n) is 8.85. The number of Topliss-reactive ketones (excluding diaryl/α,β-unsaturated/α-hetero) is 1. The van der Waals surface area contributed by atoms with Crippen molar-refractivity contribution in [2.45, 2.75) is 17.9 Å². The number of halogens is 2. The van der Waals surface area contributed by atoms with E-state index >= 15 is 0 Å². The molecular weight excluding hydrogens is 403 g/mol. The quantitative estimate of drug-likeness (QED) is 0.588. The Morgan fingerprint density at radius 1 is 1.41 bits per heavy atom. The molecule has 92 valence electrons. The fourth-order valence-electron chi connectivity index (χ4n) is 1.29. The topological polar surface area (TPSA) is 74.6 Å². The number of carbonyl (C=O) groups excluding carboxylic acids is 1. The van der Waals surface area contributed by atoms with E-state index in [1.807, 2.05) is 0 Å². The number of aliphatic hydroxyl groups is 1. The van der Waals surface area contributed by atoms with Crippen LogP contribution in [-0.4, -0.2) is 22.0 Å². The van der Waals surface area contributed by atoms with Crippen LogP contribution < -0.4 is 0 Å². The van der Waals surface area contributed by atoms with Crippen LogP contribution in [0.15, 0.2) is 18.2 Å². The average Bonchev–Trinajstić information content (AvgIpc) is 2.27. The monoisotopic (exact) mass is 412 g/mol. The minimum atomic E-state index is -1.57. The van der Waals surface area contributed by atoms with Crippen LogP contribution in [-0.2, 0) is 9.59 Å². The van der Waals surface area contributed by atoms with Gasteiger partial charge in [-0.25, -0.2) is 4.79 Å². The van der Waals surface area contributed by atoms with E-state index in [0.29, 0.717) is 5.56 Å². The predicted octanol–water partition coefficient (Wildman–Crippen LogP) is 2.43. The smallest absolute Gasteiger partial charge is 0.337 e. The van der Waals surface area contributed by atoms with Gasteiger partial charge in [-0.2, -0.15) is 0 Å². The van der Waals surface area contributed by atoms with Gasteiger partial charge in [-0.15, -0.1) is 0 Å². The second-order valence-corrected chi connectivity index (χ2v) is 5.57. The summed E-state index contributed by atoms with van der Waals surface area (Å²) in [5.41, 5.74) is 0.925. The molecule has 0 aromatic heterocycles. The van der Waals surface area contributed by atoms with Crippen molar-refractivity contribution in [1.29, 1.82) is 0 Å². The molecule has 4 nitrogen and oxygen atoms in total. The number of rotatable bonds is 4. The first-order valence-electron chi connectivity index (χ1n) is 4.69. The molecule has 0 saturated carbocycles. The van der Waals surface area contributed by atoms with E-state index in [0.717, 1.165) is 3.57 Å². The number of carboxylic acids is 1. The van der Waals surface area contributed by atoms with Gasteiger partial charge in [0.05, 0.1) is 4.83 Å². The number of carboxylic acid groups (broad SMARTS) is 1. The Morgan fingerprint density at radius 3 is 2.47 bits per heavy atom. The highest BCUT2D eigenvalue weighted by Crippen LogP contribution is 2.30. The number of carbonyl (C=O) groups is 2. The first-order valence-corrected chi connectivity index (χ1v) is 6.68.